The minimum Gasteiger partial charge on any atom is -0.497 e. The van der Waals surface area contributed by atoms with Crippen molar-refractivity contribution in [3.05, 3.63) is 58.1 Å². The highest BCUT2D eigenvalue weighted by atomic mass is 35.5. The number of hydrogen-bond acceptors (Lipinski definition) is 3. The van der Waals surface area contributed by atoms with Crippen LogP contribution in [0, 0.1) is 0 Å². The Kier molecular flexibility index (Phi) is 5.35. The Morgan fingerprint density at radius 2 is 1.80 bits per heavy atom. The van der Waals surface area contributed by atoms with Crippen LogP contribution in [0.2, 0.25) is 10.0 Å². The molecule has 20 heavy (non-hydrogen) atoms. The van der Waals surface area contributed by atoms with Gasteiger partial charge in [-0.2, -0.15) is 0 Å². The van der Waals surface area contributed by atoms with Gasteiger partial charge >= 0.3 is 0 Å². The largest absolute Gasteiger partial charge is 0.497 e. The molecule has 0 heterocycles. The van der Waals surface area contributed by atoms with E-state index >= 15 is 0 Å². The number of ketones is 1. The summed E-state index contributed by atoms with van der Waals surface area (Å²) in [6, 6.07) is 12.5. The summed E-state index contributed by atoms with van der Waals surface area (Å²) < 4.78 is 5.09. The smallest absolute Gasteiger partial charge is 0.173 e. The molecule has 0 bridgehead atoms. The third kappa shape index (κ3) is 3.92. The maximum atomic E-state index is 12.1. The summed E-state index contributed by atoms with van der Waals surface area (Å²) in [6.07, 6.45) is 0. The maximum Gasteiger partial charge on any atom is 0.173 e. The van der Waals surface area contributed by atoms with Crippen LogP contribution in [0.25, 0.3) is 0 Å². The number of thioether (sulfide) groups is 1. The first-order valence-electron chi connectivity index (χ1n) is 5.85. The van der Waals surface area contributed by atoms with Gasteiger partial charge in [-0.15, -0.1) is 11.8 Å². The van der Waals surface area contributed by atoms with Gasteiger partial charge in [-0.1, -0.05) is 23.2 Å². The van der Waals surface area contributed by atoms with Gasteiger partial charge in [0.1, 0.15) is 5.75 Å². The monoisotopic (exact) mass is 326 g/mol. The molecule has 2 nitrogen and oxygen atoms in total. The fraction of sp³-hybridized carbons (Fsp3) is 0.133. The zero-order chi connectivity index (χ0) is 14.5. The van der Waals surface area contributed by atoms with Crippen molar-refractivity contribution in [3.63, 3.8) is 0 Å². The molecule has 0 atom stereocenters. The van der Waals surface area contributed by atoms with Crippen LogP contribution in [-0.4, -0.2) is 18.6 Å². The van der Waals surface area contributed by atoms with Crippen molar-refractivity contribution < 1.29 is 9.53 Å². The van der Waals surface area contributed by atoms with E-state index in [-0.39, 0.29) is 5.78 Å². The van der Waals surface area contributed by atoms with Crippen LogP contribution >= 0.6 is 35.0 Å². The van der Waals surface area contributed by atoms with E-state index in [2.05, 4.69) is 0 Å². The highest BCUT2D eigenvalue weighted by Gasteiger charge is 2.09. The molecule has 0 amide bonds. The maximum absolute atomic E-state index is 12.1. The third-order valence-electron chi connectivity index (χ3n) is 2.67. The Balaban J connectivity index is 1.98. The molecule has 2 aromatic carbocycles. The molecular formula is C15H12Cl2O2S. The second-order valence-electron chi connectivity index (χ2n) is 4.02. The molecule has 0 spiro atoms. The van der Waals surface area contributed by atoms with E-state index in [4.69, 9.17) is 27.9 Å². The lowest BCUT2D eigenvalue weighted by Crippen LogP contribution is -2.02. The van der Waals surface area contributed by atoms with E-state index in [9.17, 15) is 4.79 Å². The van der Waals surface area contributed by atoms with Crippen molar-refractivity contribution in [1.82, 2.24) is 0 Å². The summed E-state index contributed by atoms with van der Waals surface area (Å²) in [4.78, 5) is 13.1. The number of ether oxygens (including phenoxy) is 1. The lowest BCUT2D eigenvalue weighted by molar-refractivity contribution is 0.102. The van der Waals surface area contributed by atoms with Gasteiger partial charge in [0.2, 0.25) is 0 Å². The third-order valence-corrected chi connectivity index (χ3v) is 4.42. The fourth-order valence-corrected chi connectivity index (χ4v) is 2.66. The van der Waals surface area contributed by atoms with E-state index in [1.165, 1.54) is 11.8 Å². The highest BCUT2D eigenvalue weighted by Crippen LogP contribution is 2.25. The zero-order valence-corrected chi connectivity index (χ0v) is 13.1. The highest BCUT2D eigenvalue weighted by molar-refractivity contribution is 8.00. The van der Waals surface area contributed by atoms with Crippen LogP contribution in [0.4, 0.5) is 0 Å². The van der Waals surface area contributed by atoms with Gasteiger partial charge in [0.25, 0.3) is 0 Å². The first kappa shape index (κ1) is 15.2. The molecule has 0 aromatic heterocycles. The number of methoxy groups -OCH3 is 1. The van der Waals surface area contributed by atoms with Crippen LogP contribution in [0.5, 0.6) is 5.75 Å². The summed E-state index contributed by atoms with van der Waals surface area (Å²) >= 11 is 13.2. The number of benzene rings is 2. The predicted octanol–water partition coefficient (Wildman–Crippen LogP) is 4.98. The van der Waals surface area contributed by atoms with Gasteiger partial charge < -0.3 is 4.74 Å². The molecule has 0 unspecified atom stereocenters. The van der Waals surface area contributed by atoms with Gasteiger partial charge in [-0.3, -0.25) is 4.79 Å². The molecule has 104 valence electrons. The standard InChI is InChI=1S/C15H12Cl2O2S/c1-19-11-3-5-12(6-4-11)20-9-15(18)10-2-7-13(16)14(17)8-10/h2-8H,9H2,1H3. The molecule has 5 heteroatoms. The van der Waals surface area contributed by atoms with Crippen LogP contribution in [-0.2, 0) is 0 Å². The quantitative estimate of drug-likeness (QED) is 0.572. The number of halogens is 2. The van der Waals surface area contributed by atoms with Gasteiger partial charge in [0.05, 0.1) is 22.9 Å². The van der Waals surface area contributed by atoms with Crippen molar-refractivity contribution in [3.8, 4) is 5.75 Å². The molecule has 0 aliphatic carbocycles. The number of carbonyl (C=O) groups excluding carboxylic acids is 1. The summed E-state index contributed by atoms with van der Waals surface area (Å²) in [5.41, 5.74) is 0.570. The van der Waals surface area contributed by atoms with E-state index in [1.807, 2.05) is 24.3 Å². The minimum atomic E-state index is 0.0179. The topological polar surface area (TPSA) is 26.3 Å². The van der Waals surface area contributed by atoms with Crippen molar-refractivity contribution >= 4 is 40.7 Å². The normalized spacial score (nSPS) is 10.3. The molecule has 2 aromatic rings. The summed E-state index contributed by atoms with van der Waals surface area (Å²) in [5.74, 6) is 1.17. The Morgan fingerprint density at radius 1 is 1.10 bits per heavy atom. The number of hydrogen-bond donors (Lipinski definition) is 0. The molecule has 0 aliphatic rings. The molecule has 0 aliphatic heterocycles. The average molecular weight is 327 g/mol. The summed E-state index contributed by atoms with van der Waals surface area (Å²) in [7, 11) is 1.62. The van der Waals surface area contributed by atoms with Crippen LogP contribution < -0.4 is 4.74 Å². The summed E-state index contributed by atoms with van der Waals surface area (Å²) in [5, 5.41) is 0.845. The van der Waals surface area contributed by atoms with Gasteiger partial charge in [-0.05, 0) is 42.5 Å². The summed E-state index contributed by atoms with van der Waals surface area (Å²) in [6.45, 7) is 0. The van der Waals surface area contributed by atoms with Crippen LogP contribution in [0.1, 0.15) is 10.4 Å². The first-order valence-corrected chi connectivity index (χ1v) is 7.59. The Labute approximate surface area is 132 Å². The first-order chi connectivity index (χ1) is 9.60. The molecule has 0 fully saturated rings. The SMILES string of the molecule is COc1ccc(SCC(=O)c2ccc(Cl)c(Cl)c2)cc1. The molecular weight excluding hydrogens is 315 g/mol. The zero-order valence-electron chi connectivity index (χ0n) is 10.7. The van der Waals surface area contributed by atoms with E-state index in [1.54, 1.807) is 25.3 Å². The minimum absolute atomic E-state index is 0.0179. The lowest BCUT2D eigenvalue weighted by Gasteiger charge is -2.04. The average Bonchev–Trinajstić information content (AvgIpc) is 2.48. The second-order valence-corrected chi connectivity index (χ2v) is 5.88. The van der Waals surface area contributed by atoms with Crippen molar-refractivity contribution in [1.29, 1.82) is 0 Å². The van der Waals surface area contributed by atoms with E-state index < -0.39 is 0 Å². The van der Waals surface area contributed by atoms with Crippen molar-refractivity contribution in [2.45, 2.75) is 4.90 Å². The van der Waals surface area contributed by atoms with E-state index in [0.717, 1.165) is 10.6 Å². The Bertz CT molecular complexity index is 612. The lowest BCUT2D eigenvalue weighted by atomic mass is 10.1. The van der Waals surface area contributed by atoms with Gasteiger partial charge in [0.15, 0.2) is 5.78 Å². The van der Waals surface area contributed by atoms with Crippen molar-refractivity contribution in [2.75, 3.05) is 12.9 Å². The molecule has 0 saturated carbocycles. The fourth-order valence-electron chi connectivity index (χ4n) is 1.57. The Morgan fingerprint density at radius 3 is 2.40 bits per heavy atom. The Hall–Kier alpha value is -1.16. The number of rotatable bonds is 5. The van der Waals surface area contributed by atoms with Gasteiger partial charge in [-0.25, -0.2) is 0 Å². The van der Waals surface area contributed by atoms with E-state index in [0.29, 0.717) is 21.4 Å². The van der Waals surface area contributed by atoms with Crippen LogP contribution in [0.15, 0.2) is 47.4 Å². The molecule has 0 radical (unpaired) electrons. The van der Waals surface area contributed by atoms with Crippen molar-refractivity contribution in [2.24, 2.45) is 0 Å². The van der Waals surface area contributed by atoms with Gasteiger partial charge in [0, 0.05) is 10.5 Å². The number of carbonyl (C=O) groups is 1. The van der Waals surface area contributed by atoms with Crippen LogP contribution in [0.3, 0.4) is 0 Å². The molecule has 0 saturated heterocycles. The predicted molar refractivity (Wildman–Crippen MR) is 84.5 cm³/mol. The molecule has 0 N–H and O–H groups in total. The number of Topliss-reactive ketones (excluding diaryl/α,β-unsaturated/α-hetero) is 1. The molecule has 2 rings (SSSR count). The second kappa shape index (κ2) is 7.02.